The van der Waals surface area contributed by atoms with Gasteiger partial charge in [-0.05, 0) is 42.8 Å². The summed E-state index contributed by atoms with van der Waals surface area (Å²) in [6.45, 7) is 7.12. The molecule has 3 rings (SSSR count). The van der Waals surface area contributed by atoms with E-state index in [1.165, 1.54) is 0 Å². The van der Waals surface area contributed by atoms with Crippen molar-refractivity contribution in [1.82, 2.24) is 19.9 Å². The van der Waals surface area contributed by atoms with Crippen molar-refractivity contribution in [2.24, 2.45) is 0 Å². The van der Waals surface area contributed by atoms with Gasteiger partial charge in [0.05, 0.1) is 12.6 Å². The molecule has 0 radical (unpaired) electrons. The Balaban J connectivity index is 1.76. The molecule has 28 heavy (non-hydrogen) atoms. The van der Waals surface area contributed by atoms with Crippen LogP contribution in [0.25, 0.3) is 11.2 Å². The molecule has 10 heteroatoms. The number of hydrogen-bond acceptors (Lipinski definition) is 8. The Morgan fingerprint density at radius 2 is 2.14 bits per heavy atom. The maximum absolute atomic E-state index is 12.3. The number of aliphatic hydroxyl groups is 1. The van der Waals surface area contributed by atoms with Crippen molar-refractivity contribution in [1.29, 1.82) is 0 Å². The van der Waals surface area contributed by atoms with Gasteiger partial charge in [0.1, 0.15) is 11.1 Å². The van der Waals surface area contributed by atoms with Crippen LogP contribution in [-0.2, 0) is 4.74 Å². The lowest BCUT2D eigenvalue weighted by Gasteiger charge is -2.44. The molecule has 1 fully saturated rings. The number of rotatable bonds is 5. The molecule has 0 bridgehead atoms. The molecule has 0 aliphatic carbocycles. The molecule has 3 heterocycles. The van der Waals surface area contributed by atoms with Crippen LogP contribution in [0.5, 0.6) is 0 Å². The maximum Gasteiger partial charge on any atom is 0.410 e. The van der Waals surface area contributed by atoms with E-state index in [1.54, 1.807) is 18.1 Å². The zero-order valence-corrected chi connectivity index (χ0v) is 18.0. The van der Waals surface area contributed by atoms with Crippen molar-refractivity contribution >= 4 is 44.8 Å². The van der Waals surface area contributed by atoms with Gasteiger partial charge in [0.15, 0.2) is 17.3 Å². The largest absolute Gasteiger partial charge is 0.444 e. The highest BCUT2D eigenvalue weighted by atomic mass is 79.9. The van der Waals surface area contributed by atoms with Crippen LogP contribution >= 0.6 is 15.9 Å². The first kappa shape index (κ1) is 20.5. The van der Waals surface area contributed by atoms with Crippen LogP contribution in [0.4, 0.5) is 16.4 Å². The van der Waals surface area contributed by atoms with E-state index in [0.29, 0.717) is 42.4 Å². The molecule has 1 aliphatic rings. The first-order valence-corrected chi connectivity index (χ1v) is 9.86. The number of anilines is 2. The summed E-state index contributed by atoms with van der Waals surface area (Å²) in [4.78, 5) is 29.5. The van der Waals surface area contributed by atoms with E-state index in [1.807, 2.05) is 31.7 Å². The third-order valence-corrected chi connectivity index (χ3v) is 4.70. The second-order valence-electron chi connectivity index (χ2n) is 7.69. The summed E-state index contributed by atoms with van der Waals surface area (Å²) in [5, 5.41) is 12.3. The number of hydrogen-bond donors (Lipinski definition) is 2. The van der Waals surface area contributed by atoms with Crippen LogP contribution in [0.2, 0.25) is 0 Å². The lowest BCUT2D eigenvalue weighted by molar-refractivity contribution is 0.0196. The van der Waals surface area contributed by atoms with Gasteiger partial charge in [0, 0.05) is 37.4 Å². The predicted octanol–water partition coefficient (Wildman–Crippen LogP) is 2.25. The highest BCUT2D eigenvalue weighted by Crippen LogP contribution is 2.30. The molecule has 2 aromatic rings. The molecule has 0 unspecified atom stereocenters. The molecule has 2 aromatic heterocycles. The van der Waals surface area contributed by atoms with E-state index in [4.69, 9.17) is 9.84 Å². The number of aliphatic hydroxyl groups excluding tert-OH is 1. The quantitative estimate of drug-likeness (QED) is 0.711. The third-order valence-electron chi connectivity index (χ3n) is 4.26. The predicted molar refractivity (Wildman–Crippen MR) is 111 cm³/mol. The van der Waals surface area contributed by atoms with Crippen molar-refractivity contribution in [3.8, 4) is 0 Å². The number of pyridine rings is 1. The van der Waals surface area contributed by atoms with Crippen molar-refractivity contribution in [3.63, 3.8) is 0 Å². The number of aromatic nitrogens is 3. The first-order chi connectivity index (χ1) is 13.2. The van der Waals surface area contributed by atoms with Gasteiger partial charge in [-0.1, -0.05) is 0 Å². The normalized spacial score (nSPS) is 14.7. The van der Waals surface area contributed by atoms with Gasteiger partial charge in [-0.25, -0.2) is 19.7 Å². The van der Waals surface area contributed by atoms with Gasteiger partial charge in [-0.2, -0.15) is 0 Å². The summed E-state index contributed by atoms with van der Waals surface area (Å²) in [7, 11) is 1.74. The Morgan fingerprint density at radius 1 is 1.43 bits per heavy atom. The molecule has 0 aromatic carbocycles. The second-order valence-corrected chi connectivity index (χ2v) is 8.61. The standard InChI is InChI=1S/C18H25BrN6O3/c1-18(2,3)28-17(27)24(4)12-9-25(10-12)16-15(20-5-6-26)22-13-7-11(19)8-21-14(13)23-16/h7-8,12,26H,5-6,9-10H2,1-4H3,(H,20,22). The highest BCUT2D eigenvalue weighted by molar-refractivity contribution is 9.10. The number of fused-ring (bicyclic) bond motifs is 1. The number of carbonyl (C=O) groups is 1. The van der Waals surface area contributed by atoms with E-state index in [-0.39, 0.29) is 18.7 Å². The lowest BCUT2D eigenvalue weighted by Crippen LogP contribution is -2.60. The molecular formula is C18H25BrN6O3. The minimum atomic E-state index is -0.528. The van der Waals surface area contributed by atoms with Gasteiger partial charge in [0.25, 0.3) is 0 Å². The minimum absolute atomic E-state index is 0.0140. The topological polar surface area (TPSA) is 104 Å². The summed E-state index contributed by atoms with van der Waals surface area (Å²) < 4.78 is 6.25. The highest BCUT2D eigenvalue weighted by Gasteiger charge is 2.36. The fourth-order valence-electron chi connectivity index (χ4n) is 2.78. The van der Waals surface area contributed by atoms with E-state index in [9.17, 15) is 4.79 Å². The number of nitrogens with zero attached hydrogens (tertiary/aromatic N) is 5. The van der Waals surface area contributed by atoms with Crippen LogP contribution in [0.3, 0.4) is 0 Å². The average molecular weight is 453 g/mol. The van der Waals surface area contributed by atoms with Crippen molar-refractivity contribution in [3.05, 3.63) is 16.7 Å². The maximum atomic E-state index is 12.3. The van der Waals surface area contributed by atoms with Gasteiger partial charge in [-0.15, -0.1) is 0 Å². The van der Waals surface area contributed by atoms with E-state index >= 15 is 0 Å². The average Bonchev–Trinajstić information content (AvgIpc) is 2.57. The molecular weight excluding hydrogens is 428 g/mol. The number of ether oxygens (including phenoxy) is 1. The van der Waals surface area contributed by atoms with E-state index < -0.39 is 5.60 Å². The fourth-order valence-corrected chi connectivity index (χ4v) is 3.10. The summed E-state index contributed by atoms with van der Waals surface area (Å²) in [5.74, 6) is 1.24. The minimum Gasteiger partial charge on any atom is -0.444 e. The van der Waals surface area contributed by atoms with Crippen molar-refractivity contribution in [2.45, 2.75) is 32.4 Å². The Hall–Kier alpha value is -2.20. The molecule has 0 spiro atoms. The van der Waals surface area contributed by atoms with Gasteiger partial charge in [-0.3, -0.25) is 0 Å². The van der Waals surface area contributed by atoms with Gasteiger partial charge < -0.3 is 25.0 Å². The first-order valence-electron chi connectivity index (χ1n) is 9.06. The zero-order chi connectivity index (χ0) is 20.5. The Labute approximate surface area is 172 Å². The number of nitrogens with one attached hydrogen (secondary N) is 1. The van der Waals surface area contributed by atoms with Crippen LogP contribution in [0.1, 0.15) is 20.8 Å². The van der Waals surface area contributed by atoms with E-state index in [2.05, 4.69) is 36.2 Å². The zero-order valence-electron chi connectivity index (χ0n) is 16.4. The molecule has 0 atom stereocenters. The van der Waals surface area contributed by atoms with Crippen LogP contribution in [0.15, 0.2) is 16.7 Å². The van der Waals surface area contributed by atoms with Gasteiger partial charge in [0.2, 0.25) is 0 Å². The van der Waals surface area contributed by atoms with Crippen molar-refractivity contribution < 1.29 is 14.6 Å². The van der Waals surface area contributed by atoms with Crippen molar-refractivity contribution in [2.75, 3.05) is 43.5 Å². The number of carbonyl (C=O) groups excluding carboxylic acids is 1. The summed E-state index contributed by atoms with van der Waals surface area (Å²) in [6.07, 6.45) is 1.34. The molecule has 2 N–H and O–H groups in total. The van der Waals surface area contributed by atoms with Crippen LogP contribution < -0.4 is 10.2 Å². The Bertz CT molecular complexity index is 866. The molecule has 9 nitrogen and oxygen atoms in total. The summed E-state index contributed by atoms with van der Waals surface area (Å²) >= 11 is 3.39. The lowest BCUT2D eigenvalue weighted by atomic mass is 10.1. The smallest absolute Gasteiger partial charge is 0.410 e. The van der Waals surface area contributed by atoms with Gasteiger partial charge >= 0.3 is 6.09 Å². The molecule has 152 valence electrons. The fraction of sp³-hybridized carbons (Fsp3) is 0.556. The number of likely N-dealkylation sites (N-methyl/N-ethyl adjacent to an activating group) is 1. The number of halogens is 1. The second kappa shape index (κ2) is 8.04. The Morgan fingerprint density at radius 3 is 2.79 bits per heavy atom. The summed E-state index contributed by atoms with van der Waals surface area (Å²) in [6, 6.07) is 1.87. The molecule has 1 amide bonds. The van der Waals surface area contributed by atoms with Crippen LogP contribution in [-0.4, -0.2) is 76.0 Å². The third kappa shape index (κ3) is 4.61. The molecule has 1 aliphatic heterocycles. The SMILES string of the molecule is CN(C(=O)OC(C)(C)C)C1CN(c2nc3ncc(Br)cc3nc2NCCO)C1. The Kier molecular flexibility index (Phi) is 5.90. The number of amides is 1. The monoisotopic (exact) mass is 452 g/mol. The molecule has 1 saturated heterocycles. The van der Waals surface area contributed by atoms with Crippen LogP contribution in [0, 0.1) is 0 Å². The summed E-state index contributed by atoms with van der Waals surface area (Å²) in [5.41, 5.74) is 0.665. The molecule has 0 saturated carbocycles. The van der Waals surface area contributed by atoms with E-state index in [0.717, 1.165) is 4.47 Å².